The second-order valence-electron chi connectivity index (χ2n) is 0.610. The molecule has 0 fully saturated rings. The zero-order valence-corrected chi connectivity index (χ0v) is 8.62. The Morgan fingerprint density at radius 2 is 1.29 bits per heavy atom. The summed E-state index contributed by atoms with van der Waals surface area (Å²) in [5.41, 5.74) is 0. The molecule has 0 N–H and O–H groups in total. The average molecular weight is 162 g/mol. The Kier molecular flexibility index (Phi) is 9.51. The van der Waals surface area contributed by atoms with Crippen LogP contribution in [0.3, 0.4) is 0 Å². The van der Waals surface area contributed by atoms with Gasteiger partial charge in [-0.15, -0.1) is 0 Å². The first kappa shape index (κ1) is 11.5. The van der Waals surface area contributed by atoms with Crippen molar-refractivity contribution in [1.82, 2.24) is 0 Å². The number of rotatable bonds is 1. The zero-order valence-electron chi connectivity index (χ0n) is 4.71. The molecule has 0 bridgehead atoms. The average Bonchev–Trinajstić information content (AvgIpc) is 1.36. The van der Waals surface area contributed by atoms with Crippen LogP contribution in [0.5, 0.6) is 0 Å². The van der Waals surface area contributed by atoms with E-state index in [0.717, 1.165) is 0 Å². The second kappa shape index (κ2) is 5.81. The fourth-order valence-electron chi connectivity index (χ4n) is 0. The molecule has 0 rings (SSSR count). The van der Waals surface area contributed by atoms with Crippen LogP contribution in [0.25, 0.3) is 0 Å². The molecule has 0 aromatic carbocycles. The molecule has 0 aromatic heterocycles. The van der Waals surface area contributed by atoms with Crippen LogP contribution in [0.1, 0.15) is 1.43 Å². The van der Waals surface area contributed by atoms with E-state index in [2.05, 4.69) is 25.3 Å². The minimum atomic E-state index is -0.821. The van der Waals surface area contributed by atoms with Crippen LogP contribution in [-0.2, 0) is 9.59 Å². The van der Waals surface area contributed by atoms with Crippen molar-refractivity contribution >= 4 is 35.5 Å². The largest absolute Gasteiger partial charge is 1.00 e. The van der Waals surface area contributed by atoms with Crippen LogP contribution in [0, 0.1) is 0 Å². The van der Waals surface area contributed by atoms with Gasteiger partial charge in [0.25, 0.3) is 10.2 Å². The Labute approximate surface area is 96.1 Å². The smallest absolute Gasteiger partial charge is 1.00 e. The Bertz CT molecular complexity index is 84.0. The van der Waals surface area contributed by atoms with Crippen molar-refractivity contribution in [2.24, 2.45) is 0 Å². The normalized spacial score (nSPS) is 6.57. The standard InChI is InChI=1S/C2H2O2S2.K.H/c3-1(5)2(4)6;;/h(H,3,5)(H,4,6);;/q;+1;-1. The molecule has 0 radical (unpaired) electrons. The second-order valence-corrected chi connectivity index (χ2v) is 1.42. The van der Waals surface area contributed by atoms with E-state index in [1.165, 1.54) is 0 Å². The minimum Gasteiger partial charge on any atom is -1.00 e. The van der Waals surface area contributed by atoms with Gasteiger partial charge in [0.1, 0.15) is 0 Å². The van der Waals surface area contributed by atoms with Crippen molar-refractivity contribution in [2.45, 2.75) is 0 Å². The molecule has 0 atom stereocenters. The third-order valence-corrected chi connectivity index (χ3v) is 0.766. The van der Waals surface area contributed by atoms with Gasteiger partial charge in [0.05, 0.1) is 0 Å². The van der Waals surface area contributed by atoms with Crippen molar-refractivity contribution in [3.05, 3.63) is 0 Å². The van der Waals surface area contributed by atoms with Crippen molar-refractivity contribution in [3.8, 4) is 0 Å². The summed E-state index contributed by atoms with van der Waals surface area (Å²) >= 11 is 6.26. The van der Waals surface area contributed by atoms with Crippen LogP contribution >= 0.6 is 25.3 Å². The van der Waals surface area contributed by atoms with E-state index in [4.69, 9.17) is 0 Å². The van der Waals surface area contributed by atoms with Crippen LogP contribution in [0.2, 0.25) is 0 Å². The molecule has 0 unspecified atom stereocenters. The third-order valence-electron chi connectivity index (χ3n) is 0.183. The first-order chi connectivity index (χ1) is 2.64. The Morgan fingerprint density at radius 3 is 1.29 bits per heavy atom. The Balaban J connectivity index is -0.000000125. The maximum atomic E-state index is 9.58. The Morgan fingerprint density at radius 1 is 1.14 bits per heavy atom. The van der Waals surface area contributed by atoms with Crippen LogP contribution in [0.4, 0.5) is 0 Å². The van der Waals surface area contributed by atoms with Gasteiger partial charge in [-0.2, -0.15) is 0 Å². The van der Waals surface area contributed by atoms with Crippen LogP contribution in [-0.4, -0.2) is 10.2 Å². The van der Waals surface area contributed by atoms with Gasteiger partial charge in [-0.1, -0.05) is 25.3 Å². The summed E-state index contributed by atoms with van der Waals surface area (Å²) in [7, 11) is 0. The predicted molar refractivity (Wildman–Crippen MR) is 29.1 cm³/mol. The SMILES string of the molecule is O=C(S)C(=O)S.[H-].[K+]. The molecular formula is C2H3KO2S2. The molecule has 0 spiro atoms. The fraction of sp³-hybridized carbons (Fsp3) is 0. The van der Waals surface area contributed by atoms with Gasteiger partial charge in [0.2, 0.25) is 0 Å². The maximum absolute atomic E-state index is 9.58. The Hall–Kier alpha value is 1.68. The molecule has 0 aliphatic rings. The van der Waals surface area contributed by atoms with Crippen LogP contribution in [0.15, 0.2) is 0 Å². The molecule has 36 valence electrons. The van der Waals surface area contributed by atoms with E-state index in [9.17, 15) is 9.59 Å². The summed E-state index contributed by atoms with van der Waals surface area (Å²) in [6, 6.07) is 0. The van der Waals surface area contributed by atoms with Gasteiger partial charge in [0, 0.05) is 0 Å². The van der Waals surface area contributed by atoms with E-state index in [-0.39, 0.29) is 52.8 Å². The van der Waals surface area contributed by atoms with Gasteiger partial charge < -0.3 is 1.43 Å². The quantitative estimate of drug-likeness (QED) is 0.245. The molecule has 0 aliphatic carbocycles. The van der Waals surface area contributed by atoms with E-state index in [0.29, 0.717) is 0 Å². The van der Waals surface area contributed by atoms with Crippen molar-refractivity contribution < 1.29 is 62.4 Å². The van der Waals surface area contributed by atoms with Crippen molar-refractivity contribution in [2.75, 3.05) is 0 Å². The first-order valence-electron chi connectivity index (χ1n) is 1.11. The van der Waals surface area contributed by atoms with Gasteiger partial charge in [-0.05, 0) is 0 Å². The molecule has 7 heavy (non-hydrogen) atoms. The predicted octanol–water partition coefficient (Wildman–Crippen LogP) is -2.98. The summed E-state index contributed by atoms with van der Waals surface area (Å²) in [6.07, 6.45) is 0. The van der Waals surface area contributed by atoms with E-state index in [1.807, 2.05) is 0 Å². The molecular weight excluding hydrogens is 159 g/mol. The van der Waals surface area contributed by atoms with E-state index in [1.54, 1.807) is 0 Å². The summed E-state index contributed by atoms with van der Waals surface area (Å²) in [4.78, 5) is 19.2. The molecule has 0 aliphatic heterocycles. The minimum absolute atomic E-state index is 0. The summed E-state index contributed by atoms with van der Waals surface area (Å²) < 4.78 is 0. The van der Waals surface area contributed by atoms with Gasteiger partial charge in [-0.3, -0.25) is 9.59 Å². The molecule has 0 heterocycles. The van der Waals surface area contributed by atoms with Gasteiger partial charge in [0.15, 0.2) is 0 Å². The van der Waals surface area contributed by atoms with Crippen LogP contribution < -0.4 is 51.4 Å². The number of thiol groups is 2. The maximum Gasteiger partial charge on any atom is 1.00 e. The number of hydrogen-bond donors (Lipinski definition) is 2. The third kappa shape index (κ3) is 7.68. The number of carbonyl (C=O) groups excluding carboxylic acids is 2. The summed E-state index contributed by atoms with van der Waals surface area (Å²) in [6.45, 7) is 0. The number of hydrogen-bond acceptors (Lipinski definition) is 2. The molecule has 0 saturated heterocycles. The van der Waals surface area contributed by atoms with E-state index < -0.39 is 10.2 Å². The molecule has 0 aromatic rings. The molecule has 0 saturated carbocycles. The fourth-order valence-corrected chi connectivity index (χ4v) is 0. The van der Waals surface area contributed by atoms with Gasteiger partial charge in [-0.25, -0.2) is 0 Å². The van der Waals surface area contributed by atoms with Crippen molar-refractivity contribution in [1.29, 1.82) is 0 Å². The zero-order chi connectivity index (χ0) is 5.15. The first-order valence-corrected chi connectivity index (χ1v) is 2.00. The summed E-state index contributed by atoms with van der Waals surface area (Å²) in [5, 5.41) is -1.64. The number of carbonyl (C=O) groups is 2. The molecule has 2 nitrogen and oxygen atoms in total. The van der Waals surface area contributed by atoms with Crippen molar-refractivity contribution in [3.63, 3.8) is 0 Å². The van der Waals surface area contributed by atoms with E-state index >= 15 is 0 Å². The topological polar surface area (TPSA) is 34.1 Å². The molecule has 5 heteroatoms. The molecule has 0 amide bonds. The van der Waals surface area contributed by atoms with Gasteiger partial charge >= 0.3 is 51.4 Å². The summed E-state index contributed by atoms with van der Waals surface area (Å²) in [5.74, 6) is 0. The monoisotopic (exact) mass is 162 g/mol.